The highest BCUT2D eigenvalue weighted by atomic mass is 35.5. The Kier molecular flexibility index (Phi) is 5.57. The van der Waals surface area contributed by atoms with Gasteiger partial charge in [-0.15, -0.1) is 0 Å². The zero-order valence-corrected chi connectivity index (χ0v) is 15.2. The van der Waals surface area contributed by atoms with E-state index in [2.05, 4.69) is 4.99 Å². The van der Waals surface area contributed by atoms with Gasteiger partial charge in [0.15, 0.2) is 0 Å². The van der Waals surface area contributed by atoms with Crippen LogP contribution >= 0.6 is 11.6 Å². The summed E-state index contributed by atoms with van der Waals surface area (Å²) >= 11 is 6.10. The molecule has 138 valence electrons. The molecule has 0 saturated heterocycles. The maximum atomic E-state index is 11.8. The van der Waals surface area contributed by atoms with E-state index >= 15 is 0 Å². The van der Waals surface area contributed by atoms with E-state index in [4.69, 9.17) is 20.8 Å². The number of carbonyl (C=O) groups excluding carboxylic acids is 1. The molecule has 6 nitrogen and oxygen atoms in total. The first-order valence-electron chi connectivity index (χ1n) is 8.22. The van der Waals surface area contributed by atoms with Gasteiger partial charge < -0.3 is 14.3 Å². The summed E-state index contributed by atoms with van der Waals surface area (Å²) in [4.78, 5) is 27.8. The molecule has 27 heavy (non-hydrogen) atoms. The molecule has 0 unspecified atom stereocenters. The average molecular weight is 386 g/mol. The van der Waals surface area contributed by atoms with Crippen molar-refractivity contribution in [2.75, 3.05) is 6.61 Å². The van der Waals surface area contributed by atoms with E-state index in [1.807, 2.05) is 6.07 Å². The molecule has 1 aromatic heterocycles. The SMILES string of the molecule is CCOC(=O)Cc1cc(=O)oc2cc(O)c(N=Cc3ccccc3Cl)cc12. The summed E-state index contributed by atoms with van der Waals surface area (Å²) in [7, 11) is 0. The predicted molar refractivity (Wildman–Crippen MR) is 103 cm³/mol. The van der Waals surface area contributed by atoms with Crippen molar-refractivity contribution in [2.24, 2.45) is 4.99 Å². The Bertz CT molecular complexity index is 1090. The van der Waals surface area contributed by atoms with Gasteiger partial charge in [-0.05, 0) is 24.6 Å². The van der Waals surface area contributed by atoms with Gasteiger partial charge in [0.05, 0.1) is 13.0 Å². The van der Waals surface area contributed by atoms with Crippen molar-refractivity contribution in [2.45, 2.75) is 13.3 Å². The van der Waals surface area contributed by atoms with Crippen LogP contribution in [-0.2, 0) is 16.0 Å². The van der Waals surface area contributed by atoms with Crippen LogP contribution in [0.3, 0.4) is 0 Å². The highest BCUT2D eigenvalue weighted by Crippen LogP contribution is 2.33. The molecule has 0 atom stereocenters. The number of ether oxygens (including phenoxy) is 1. The van der Waals surface area contributed by atoms with Gasteiger partial charge in [-0.1, -0.05) is 29.8 Å². The van der Waals surface area contributed by atoms with Gasteiger partial charge in [-0.25, -0.2) is 4.79 Å². The number of benzene rings is 2. The summed E-state index contributed by atoms with van der Waals surface area (Å²) in [5.41, 5.74) is 0.921. The monoisotopic (exact) mass is 385 g/mol. The molecule has 3 aromatic rings. The molecule has 0 fully saturated rings. The number of nitrogens with zero attached hydrogens (tertiary/aromatic N) is 1. The van der Waals surface area contributed by atoms with E-state index in [9.17, 15) is 14.7 Å². The number of rotatable bonds is 5. The molecular weight excluding hydrogens is 370 g/mol. The Labute approximate surface area is 159 Å². The lowest BCUT2D eigenvalue weighted by molar-refractivity contribution is -0.142. The number of esters is 1. The number of carbonyl (C=O) groups is 1. The third-order valence-corrected chi connectivity index (χ3v) is 4.16. The molecule has 1 heterocycles. The average Bonchev–Trinajstić information content (AvgIpc) is 2.61. The highest BCUT2D eigenvalue weighted by molar-refractivity contribution is 6.33. The maximum Gasteiger partial charge on any atom is 0.336 e. The summed E-state index contributed by atoms with van der Waals surface area (Å²) in [5.74, 6) is -0.624. The summed E-state index contributed by atoms with van der Waals surface area (Å²) in [6.45, 7) is 1.95. The minimum atomic E-state index is -0.617. The smallest absolute Gasteiger partial charge is 0.336 e. The van der Waals surface area contributed by atoms with E-state index in [1.54, 1.807) is 31.2 Å². The first-order chi connectivity index (χ1) is 13.0. The van der Waals surface area contributed by atoms with Crippen LogP contribution < -0.4 is 5.63 Å². The van der Waals surface area contributed by atoms with Crippen LogP contribution in [0.2, 0.25) is 5.02 Å². The van der Waals surface area contributed by atoms with Crippen molar-refractivity contribution in [1.29, 1.82) is 0 Å². The number of fused-ring (bicyclic) bond motifs is 1. The van der Waals surface area contributed by atoms with E-state index < -0.39 is 11.6 Å². The Morgan fingerprint density at radius 2 is 2.07 bits per heavy atom. The molecule has 2 aromatic carbocycles. The highest BCUT2D eigenvalue weighted by Gasteiger charge is 2.13. The number of hydrogen-bond donors (Lipinski definition) is 1. The summed E-state index contributed by atoms with van der Waals surface area (Å²) < 4.78 is 10.1. The molecule has 0 spiro atoms. The second-order valence-corrected chi connectivity index (χ2v) is 6.10. The van der Waals surface area contributed by atoms with Crippen molar-refractivity contribution in [3.63, 3.8) is 0 Å². The van der Waals surface area contributed by atoms with Crippen molar-refractivity contribution < 1.29 is 19.1 Å². The van der Waals surface area contributed by atoms with Crippen LogP contribution in [0, 0.1) is 0 Å². The molecule has 0 aliphatic carbocycles. The second kappa shape index (κ2) is 8.05. The van der Waals surface area contributed by atoms with Crippen LogP contribution in [0.15, 0.2) is 56.7 Å². The number of hydrogen-bond acceptors (Lipinski definition) is 6. The van der Waals surface area contributed by atoms with E-state index in [1.165, 1.54) is 18.3 Å². The number of aliphatic imine (C=N–C) groups is 1. The molecule has 0 bridgehead atoms. The van der Waals surface area contributed by atoms with E-state index in [0.29, 0.717) is 21.5 Å². The minimum Gasteiger partial charge on any atom is -0.506 e. The Morgan fingerprint density at radius 1 is 1.30 bits per heavy atom. The van der Waals surface area contributed by atoms with Gasteiger partial charge in [0.25, 0.3) is 0 Å². The molecular formula is C20H16ClNO5. The fraction of sp³-hybridized carbons (Fsp3) is 0.150. The summed E-state index contributed by atoms with van der Waals surface area (Å²) in [5, 5.41) is 11.2. The minimum absolute atomic E-state index is 0.0889. The molecule has 0 aliphatic heterocycles. The van der Waals surface area contributed by atoms with Gasteiger partial charge in [0, 0.05) is 34.3 Å². The molecule has 0 aliphatic rings. The number of halogens is 1. The molecule has 1 N–H and O–H groups in total. The summed E-state index contributed by atoms with van der Waals surface area (Å²) in [6.07, 6.45) is 1.43. The largest absolute Gasteiger partial charge is 0.506 e. The van der Waals surface area contributed by atoms with Crippen LogP contribution in [-0.4, -0.2) is 23.9 Å². The normalized spacial score (nSPS) is 11.2. The van der Waals surface area contributed by atoms with Crippen molar-refractivity contribution >= 4 is 40.4 Å². The number of phenolic OH excluding ortho intramolecular Hbond substituents is 1. The molecule has 0 radical (unpaired) electrons. The molecule has 0 saturated carbocycles. The zero-order chi connectivity index (χ0) is 19.4. The van der Waals surface area contributed by atoms with Crippen molar-refractivity contribution in [3.05, 3.63) is 69.0 Å². The lowest BCUT2D eigenvalue weighted by Gasteiger charge is -2.07. The molecule has 3 rings (SSSR count). The number of phenols is 1. The summed E-state index contributed by atoms with van der Waals surface area (Å²) in [6, 6.07) is 11.2. The van der Waals surface area contributed by atoms with Gasteiger partial charge in [0.2, 0.25) is 0 Å². The van der Waals surface area contributed by atoms with E-state index in [0.717, 1.165) is 0 Å². The Morgan fingerprint density at radius 3 is 2.81 bits per heavy atom. The van der Waals surface area contributed by atoms with Crippen LogP contribution in [0.1, 0.15) is 18.1 Å². The topological polar surface area (TPSA) is 89.1 Å². The van der Waals surface area contributed by atoms with E-state index in [-0.39, 0.29) is 30.0 Å². The van der Waals surface area contributed by atoms with Gasteiger partial charge >= 0.3 is 11.6 Å². The fourth-order valence-electron chi connectivity index (χ4n) is 2.59. The third kappa shape index (κ3) is 4.35. The van der Waals surface area contributed by atoms with Gasteiger partial charge in [-0.3, -0.25) is 9.79 Å². The van der Waals surface area contributed by atoms with Crippen LogP contribution in [0.5, 0.6) is 5.75 Å². The molecule has 0 amide bonds. The quantitative estimate of drug-likeness (QED) is 0.407. The Balaban J connectivity index is 2.06. The zero-order valence-electron chi connectivity index (χ0n) is 14.4. The maximum absolute atomic E-state index is 11.8. The Hall–Kier alpha value is -3.12. The van der Waals surface area contributed by atoms with Gasteiger partial charge in [-0.2, -0.15) is 0 Å². The first-order valence-corrected chi connectivity index (χ1v) is 8.59. The first kappa shape index (κ1) is 18.7. The lowest BCUT2D eigenvalue weighted by atomic mass is 10.1. The fourth-order valence-corrected chi connectivity index (χ4v) is 2.77. The van der Waals surface area contributed by atoms with Gasteiger partial charge in [0.1, 0.15) is 17.0 Å². The van der Waals surface area contributed by atoms with Crippen LogP contribution in [0.25, 0.3) is 11.0 Å². The van der Waals surface area contributed by atoms with Crippen LogP contribution in [0.4, 0.5) is 5.69 Å². The lowest BCUT2D eigenvalue weighted by Crippen LogP contribution is -2.10. The molecule has 7 heteroatoms. The third-order valence-electron chi connectivity index (χ3n) is 3.81. The van der Waals surface area contributed by atoms with Crippen molar-refractivity contribution in [1.82, 2.24) is 0 Å². The predicted octanol–water partition coefficient (Wildman–Crippen LogP) is 4.01. The number of aromatic hydroxyl groups is 1. The standard InChI is InChI=1S/C20H16ClNO5/c1-2-26-19(24)7-13-8-20(25)27-18-10-17(23)16(9-14(13)18)22-11-12-5-3-4-6-15(12)21/h3-6,8-11,23H,2,7H2,1H3. The second-order valence-electron chi connectivity index (χ2n) is 5.69. The van der Waals surface area contributed by atoms with Crippen molar-refractivity contribution in [3.8, 4) is 5.75 Å².